The molecular weight excluding hydrogens is 453 g/mol. The lowest BCUT2D eigenvalue weighted by Gasteiger charge is -2.31. The van der Waals surface area contributed by atoms with Crippen molar-refractivity contribution in [3.63, 3.8) is 0 Å². The number of nitrogens with zero attached hydrogens (tertiary/aromatic N) is 2. The molecule has 27 heavy (non-hydrogen) atoms. The Morgan fingerprint density at radius 3 is 2.48 bits per heavy atom. The number of hydrogen-bond acceptors (Lipinski definition) is 3. The van der Waals surface area contributed by atoms with Crippen LogP contribution >= 0.6 is 24.0 Å². The summed E-state index contributed by atoms with van der Waals surface area (Å²) in [6.07, 6.45) is 8.79. The van der Waals surface area contributed by atoms with Gasteiger partial charge in [0, 0.05) is 53.1 Å². The van der Waals surface area contributed by atoms with E-state index in [1.807, 2.05) is 0 Å². The molecule has 1 aliphatic carbocycles. The van der Waals surface area contributed by atoms with Gasteiger partial charge in [0.05, 0.1) is 0 Å². The first-order chi connectivity index (χ1) is 12.7. The molecule has 0 aromatic rings. The molecule has 1 saturated heterocycles. The van der Waals surface area contributed by atoms with Gasteiger partial charge in [-0.2, -0.15) is 0 Å². The fraction of sp³-hybridized carbons (Fsp3) is 0.952. The van der Waals surface area contributed by atoms with E-state index in [4.69, 9.17) is 14.5 Å². The van der Waals surface area contributed by atoms with Gasteiger partial charge in [0.15, 0.2) is 5.96 Å². The van der Waals surface area contributed by atoms with E-state index in [-0.39, 0.29) is 24.0 Å². The largest absolute Gasteiger partial charge is 0.381 e. The lowest BCUT2D eigenvalue weighted by atomic mass is 9.83. The fourth-order valence-electron chi connectivity index (χ4n) is 3.97. The van der Waals surface area contributed by atoms with Crippen molar-refractivity contribution in [1.29, 1.82) is 0 Å². The van der Waals surface area contributed by atoms with Crippen LogP contribution in [0.15, 0.2) is 4.99 Å². The SMILES string of the molecule is CCNC(=NCCCOCC1CCOCC1)N(C)CC1CCC(C)CC1.I. The molecule has 5 nitrogen and oxygen atoms in total. The monoisotopic (exact) mass is 495 g/mol. The van der Waals surface area contributed by atoms with E-state index < -0.39 is 0 Å². The van der Waals surface area contributed by atoms with Crippen LogP contribution in [-0.2, 0) is 9.47 Å². The van der Waals surface area contributed by atoms with Crippen molar-refractivity contribution in [2.24, 2.45) is 22.7 Å². The van der Waals surface area contributed by atoms with Crippen molar-refractivity contribution in [1.82, 2.24) is 10.2 Å². The first-order valence-electron chi connectivity index (χ1n) is 10.8. The van der Waals surface area contributed by atoms with Crippen LogP contribution in [0, 0.1) is 17.8 Å². The third-order valence-corrected chi connectivity index (χ3v) is 5.77. The lowest BCUT2D eigenvalue weighted by Crippen LogP contribution is -2.42. The minimum Gasteiger partial charge on any atom is -0.381 e. The molecule has 0 spiro atoms. The summed E-state index contributed by atoms with van der Waals surface area (Å²) in [5, 5.41) is 3.44. The van der Waals surface area contributed by atoms with E-state index >= 15 is 0 Å². The molecule has 0 amide bonds. The summed E-state index contributed by atoms with van der Waals surface area (Å²) >= 11 is 0. The summed E-state index contributed by atoms with van der Waals surface area (Å²) < 4.78 is 11.2. The Balaban J connectivity index is 0.00000364. The number of nitrogens with one attached hydrogen (secondary N) is 1. The van der Waals surface area contributed by atoms with Crippen LogP contribution in [0.1, 0.15) is 58.8 Å². The summed E-state index contributed by atoms with van der Waals surface area (Å²) in [5.74, 6) is 3.48. The van der Waals surface area contributed by atoms with Crippen molar-refractivity contribution in [3.8, 4) is 0 Å². The predicted molar refractivity (Wildman–Crippen MR) is 124 cm³/mol. The number of guanidine groups is 1. The number of hydrogen-bond donors (Lipinski definition) is 1. The molecular formula is C21H42IN3O2. The minimum atomic E-state index is 0. The maximum atomic E-state index is 5.85. The topological polar surface area (TPSA) is 46.1 Å². The number of aliphatic imine (C=N–C) groups is 1. The molecule has 1 heterocycles. The Morgan fingerprint density at radius 1 is 1.11 bits per heavy atom. The van der Waals surface area contributed by atoms with Crippen LogP contribution in [0.4, 0.5) is 0 Å². The lowest BCUT2D eigenvalue weighted by molar-refractivity contribution is 0.0205. The average Bonchev–Trinajstić information content (AvgIpc) is 2.66. The Bertz CT molecular complexity index is 395. The van der Waals surface area contributed by atoms with Gasteiger partial charge in [0.1, 0.15) is 0 Å². The second kappa shape index (κ2) is 14.9. The van der Waals surface area contributed by atoms with Gasteiger partial charge in [-0.05, 0) is 56.8 Å². The molecule has 2 fully saturated rings. The first kappa shape index (κ1) is 25.0. The van der Waals surface area contributed by atoms with E-state index in [9.17, 15) is 0 Å². The Morgan fingerprint density at radius 2 is 1.81 bits per heavy atom. The maximum Gasteiger partial charge on any atom is 0.193 e. The Hall–Kier alpha value is -0.0800. The highest BCUT2D eigenvalue weighted by molar-refractivity contribution is 14.0. The molecule has 160 valence electrons. The van der Waals surface area contributed by atoms with E-state index in [0.29, 0.717) is 5.92 Å². The van der Waals surface area contributed by atoms with Gasteiger partial charge in [-0.25, -0.2) is 0 Å². The molecule has 2 aliphatic rings. The third kappa shape index (κ3) is 10.3. The van der Waals surface area contributed by atoms with Gasteiger partial charge in [0.25, 0.3) is 0 Å². The summed E-state index contributed by atoms with van der Waals surface area (Å²) in [5.41, 5.74) is 0. The molecule has 0 unspecified atom stereocenters. The molecule has 0 aromatic heterocycles. The Labute approximate surface area is 184 Å². The summed E-state index contributed by atoms with van der Waals surface area (Å²) in [7, 11) is 2.18. The van der Waals surface area contributed by atoms with Crippen molar-refractivity contribution in [2.45, 2.75) is 58.8 Å². The van der Waals surface area contributed by atoms with Crippen LogP contribution in [0.5, 0.6) is 0 Å². The molecule has 2 rings (SSSR count). The number of ether oxygens (including phenoxy) is 2. The smallest absolute Gasteiger partial charge is 0.193 e. The van der Waals surface area contributed by atoms with Crippen LogP contribution in [0.2, 0.25) is 0 Å². The Kier molecular flexibility index (Phi) is 13.7. The first-order valence-corrected chi connectivity index (χ1v) is 10.8. The number of rotatable bonds is 9. The zero-order valence-electron chi connectivity index (χ0n) is 17.8. The molecule has 1 N–H and O–H groups in total. The maximum absolute atomic E-state index is 5.85. The van der Waals surface area contributed by atoms with Crippen molar-refractivity contribution in [3.05, 3.63) is 0 Å². The zero-order valence-corrected chi connectivity index (χ0v) is 20.1. The van der Waals surface area contributed by atoms with Gasteiger partial charge >= 0.3 is 0 Å². The molecule has 0 atom stereocenters. The third-order valence-electron chi connectivity index (χ3n) is 5.77. The zero-order chi connectivity index (χ0) is 18.6. The minimum absolute atomic E-state index is 0. The van der Waals surface area contributed by atoms with E-state index in [1.54, 1.807) is 0 Å². The fourth-order valence-corrected chi connectivity index (χ4v) is 3.97. The molecule has 0 bridgehead atoms. The van der Waals surface area contributed by atoms with Gasteiger partial charge in [0.2, 0.25) is 0 Å². The highest BCUT2D eigenvalue weighted by Crippen LogP contribution is 2.28. The van der Waals surface area contributed by atoms with Crippen molar-refractivity contribution >= 4 is 29.9 Å². The van der Waals surface area contributed by atoms with Gasteiger partial charge < -0.3 is 19.7 Å². The second-order valence-corrected chi connectivity index (χ2v) is 8.23. The van der Waals surface area contributed by atoms with Gasteiger partial charge in [-0.15, -0.1) is 24.0 Å². The van der Waals surface area contributed by atoms with Crippen molar-refractivity contribution in [2.75, 3.05) is 53.1 Å². The van der Waals surface area contributed by atoms with Gasteiger partial charge in [-0.1, -0.05) is 19.8 Å². The standard InChI is InChI=1S/C21H41N3O2.HI/c1-4-22-21(24(3)16-19-8-6-18(2)7-9-19)23-12-5-13-26-17-20-10-14-25-15-11-20;/h18-20H,4-17H2,1-3H3,(H,22,23);1H. The molecule has 1 saturated carbocycles. The number of halogens is 1. The van der Waals surface area contributed by atoms with Crippen LogP contribution < -0.4 is 5.32 Å². The van der Waals surface area contributed by atoms with Crippen LogP contribution in [-0.4, -0.2) is 64.0 Å². The van der Waals surface area contributed by atoms with Crippen molar-refractivity contribution < 1.29 is 9.47 Å². The quantitative estimate of drug-likeness (QED) is 0.226. The highest BCUT2D eigenvalue weighted by Gasteiger charge is 2.20. The molecule has 0 aromatic carbocycles. The summed E-state index contributed by atoms with van der Waals surface area (Å²) in [6.45, 7) is 10.9. The summed E-state index contributed by atoms with van der Waals surface area (Å²) in [6, 6.07) is 0. The predicted octanol–water partition coefficient (Wildman–Crippen LogP) is 4.16. The second-order valence-electron chi connectivity index (χ2n) is 8.23. The molecule has 1 aliphatic heterocycles. The molecule has 6 heteroatoms. The average molecular weight is 495 g/mol. The van der Waals surface area contributed by atoms with E-state index in [0.717, 1.165) is 83.1 Å². The molecule has 0 radical (unpaired) electrons. The van der Waals surface area contributed by atoms with E-state index in [1.165, 1.54) is 25.7 Å². The highest BCUT2D eigenvalue weighted by atomic mass is 127. The van der Waals surface area contributed by atoms with E-state index in [2.05, 4.69) is 31.1 Å². The summed E-state index contributed by atoms with van der Waals surface area (Å²) in [4.78, 5) is 7.14. The van der Waals surface area contributed by atoms with Crippen LogP contribution in [0.25, 0.3) is 0 Å². The van der Waals surface area contributed by atoms with Gasteiger partial charge in [-0.3, -0.25) is 4.99 Å². The normalized spacial score (nSPS) is 24.3. The van der Waals surface area contributed by atoms with Crippen LogP contribution in [0.3, 0.4) is 0 Å².